The molecular formula is C20H23N3O2. The minimum atomic E-state index is 0.111. The number of benzene rings is 1. The number of nitrogens with one attached hydrogen (secondary N) is 1. The first-order valence-electron chi connectivity index (χ1n) is 8.97. The highest BCUT2D eigenvalue weighted by molar-refractivity contribution is 5.94. The molecule has 0 aliphatic carbocycles. The van der Waals surface area contributed by atoms with Crippen LogP contribution in [0, 0.1) is 0 Å². The predicted octanol–water partition coefficient (Wildman–Crippen LogP) is 2.41. The summed E-state index contributed by atoms with van der Waals surface area (Å²) in [5.41, 5.74) is 3.35. The van der Waals surface area contributed by atoms with E-state index in [2.05, 4.69) is 28.5 Å². The number of carbonyl (C=O) groups excluding carboxylic acids is 1. The molecule has 1 amide bonds. The molecule has 2 aliphatic heterocycles. The van der Waals surface area contributed by atoms with Crippen LogP contribution in [0.3, 0.4) is 0 Å². The lowest BCUT2D eigenvalue weighted by Gasteiger charge is -2.32. The van der Waals surface area contributed by atoms with E-state index in [-0.39, 0.29) is 5.91 Å². The number of hydrogen-bond acceptors (Lipinski definition) is 4. The van der Waals surface area contributed by atoms with Crippen LogP contribution in [0.15, 0.2) is 42.7 Å². The summed E-state index contributed by atoms with van der Waals surface area (Å²) < 4.78 is 5.56. The van der Waals surface area contributed by atoms with Crippen molar-refractivity contribution in [3.05, 3.63) is 59.4 Å². The highest BCUT2D eigenvalue weighted by atomic mass is 16.5. The fraction of sp³-hybridized carbons (Fsp3) is 0.400. The average Bonchev–Trinajstić information content (AvgIpc) is 3.15. The van der Waals surface area contributed by atoms with Gasteiger partial charge in [-0.1, -0.05) is 12.1 Å². The van der Waals surface area contributed by atoms with Crippen molar-refractivity contribution in [3.63, 3.8) is 0 Å². The molecule has 3 heterocycles. The molecule has 1 aromatic carbocycles. The van der Waals surface area contributed by atoms with Crippen LogP contribution in [0.2, 0.25) is 0 Å². The van der Waals surface area contributed by atoms with Gasteiger partial charge in [0.05, 0.1) is 6.61 Å². The second-order valence-corrected chi connectivity index (χ2v) is 6.72. The van der Waals surface area contributed by atoms with Crippen LogP contribution in [-0.4, -0.2) is 41.5 Å². The molecule has 0 radical (unpaired) electrons. The summed E-state index contributed by atoms with van der Waals surface area (Å²) in [5, 5.41) is 3.64. The Kier molecular flexibility index (Phi) is 4.65. The molecule has 5 nitrogen and oxygen atoms in total. The molecule has 25 heavy (non-hydrogen) atoms. The molecule has 5 heteroatoms. The van der Waals surface area contributed by atoms with Crippen molar-refractivity contribution in [1.29, 1.82) is 0 Å². The summed E-state index contributed by atoms with van der Waals surface area (Å²) in [6.45, 7) is 3.28. The van der Waals surface area contributed by atoms with Gasteiger partial charge in [-0.15, -0.1) is 0 Å². The smallest absolute Gasteiger partial charge is 0.253 e. The zero-order chi connectivity index (χ0) is 17.1. The molecule has 1 aromatic heterocycles. The third kappa shape index (κ3) is 3.66. The number of aromatic nitrogens is 1. The molecule has 0 spiro atoms. The Balaban J connectivity index is 1.27. The number of hydrogen-bond donors (Lipinski definition) is 1. The van der Waals surface area contributed by atoms with E-state index in [4.69, 9.17) is 4.74 Å². The number of likely N-dealkylation sites (tertiary alicyclic amines) is 1. The number of fused-ring (bicyclic) bond motifs is 1. The standard InChI is InChI=1S/C20H23N3O2/c24-20(16-3-8-21-9-4-16)23-10-5-18(6-11-23)22-14-15-1-2-19-17(13-15)7-12-25-19/h1-4,8-9,13,18,22H,5-7,10-12,14H2. The van der Waals surface area contributed by atoms with Gasteiger partial charge in [-0.25, -0.2) is 0 Å². The Morgan fingerprint density at radius 3 is 2.80 bits per heavy atom. The largest absolute Gasteiger partial charge is 0.493 e. The van der Waals surface area contributed by atoms with Gasteiger partial charge in [0.15, 0.2) is 0 Å². The van der Waals surface area contributed by atoms with E-state index in [9.17, 15) is 4.79 Å². The number of ether oxygens (including phenoxy) is 1. The second-order valence-electron chi connectivity index (χ2n) is 6.72. The molecule has 1 fully saturated rings. The van der Waals surface area contributed by atoms with Gasteiger partial charge in [0.1, 0.15) is 5.75 Å². The molecule has 1 saturated heterocycles. The lowest BCUT2D eigenvalue weighted by molar-refractivity contribution is 0.0704. The van der Waals surface area contributed by atoms with E-state index in [0.29, 0.717) is 6.04 Å². The SMILES string of the molecule is O=C(c1ccncc1)N1CCC(NCc2ccc3c(c2)CCO3)CC1. The molecule has 0 saturated carbocycles. The summed E-state index contributed by atoms with van der Waals surface area (Å²) >= 11 is 0. The van der Waals surface area contributed by atoms with Gasteiger partial charge in [0.2, 0.25) is 0 Å². The third-order valence-corrected chi connectivity index (χ3v) is 5.06. The Labute approximate surface area is 148 Å². The van der Waals surface area contributed by atoms with Crippen LogP contribution in [0.4, 0.5) is 0 Å². The van der Waals surface area contributed by atoms with Crippen molar-refractivity contribution in [2.75, 3.05) is 19.7 Å². The number of pyridine rings is 1. The van der Waals surface area contributed by atoms with Crippen molar-refractivity contribution in [3.8, 4) is 5.75 Å². The van der Waals surface area contributed by atoms with E-state index in [1.54, 1.807) is 24.5 Å². The van der Waals surface area contributed by atoms with E-state index in [0.717, 1.165) is 56.8 Å². The zero-order valence-electron chi connectivity index (χ0n) is 14.3. The molecule has 2 aliphatic rings. The molecule has 0 atom stereocenters. The zero-order valence-corrected chi connectivity index (χ0v) is 14.3. The first-order chi connectivity index (χ1) is 12.3. The molecule has 1 N–H and O–H groups in total. The van der Waals surface area contributed by atoms with E-state index in [1.165, 1.54) is 11.1 Å². The Morgan fingerprint density at radius 2 is 2.00 bits per heavy atom. The van der Waals surface area contributed by atoms with Crippen LogP contribution < -0.4 is 10.1 Å². The van der Waals surface area contributed by atoms with Crippen molar-refractivity contribution in [2.24, 2.45) is 0 Å². The molecule has 0 bridgehead atoms. The van der Waals surface area contributed by atoms with Gasteiger partial charge in [-0.05, 0) is 42.2 Å². The molecule has 2 aromatic rings. The molecular weight excluding hydrogens is 314 g/mol. The van der Waals surface area contributed by atoms with Crippen LogP contribution in [0.25, 0.3) is 0 Å². The third-order valence-electron chi connectivity index (χ3n) is 5.06. The maximum atomic E-state index is 12.5. The lowest BCUT2D eigenvalue weighted by Crippen LogP contribution is -2.44. The molecule has 130 valence electrons. The average molecular weight is 337 g/mol. The number of amides is 1. The summed E-state index contributed by atoms with van der Waals surface area (Å²) in [6, 6.07) is 10.5. The summed E-state index contributed by atoms with van der Waals surface area (Å²) in [7, 11) is 0. The van der Waals surface area contributed by atoms with Crippen LogP contribution in [0.1, 0.15) is 34.3 Å². The van der Waals surface area contributed by atoms with E-state index >= 15 is 0 Å². The van der Waals surface area contributed by atoms with Crippen molar-refractivity contribution >= 4 is 5.91 Å². The van der Waals surface area contributed by atoms with Gasteiger partial charge in [0.25, 0.3) is 5.91 Å². The molecule has 0 unspecified atom stereocenters. The number of nitrogens with zero attached hydrogens (tertiary/aromatic N) is 2. The summed E-state index contributed by atoms with van der Waals surface area (Å²) in [4.78, 5) is 18.4. The monoisotopic (exact) mass is 337 g/mol. The first-order valence-corrected chi connectivity index (χ1v) is 8.97. The van der Waals surface area contributed by atoms with E-state index < -0.39 is 0 Å². The fourth-order valence-electron chi connectivity index (χ4n) is 3.58. The van der Waals surface area contributed by atoms with Crippen LogP contribution in [0.5, 0.6) is 5.75 Å². The minimum Gasteiger partial charge on any atom is -0.493 e. The fourth-order valence-corrected chi connectivity index (χ4v) is 3.58. The lowest BCUT2D eigenvalue weighted by atomic mass is 10.0. The molecule has 4 rings (SSSR count). The van der Waals surface area contributed by atoms with Crippen molar-refractivity contribution in [1.82, 2.24) is 15.2 Å². The number of rotatable bonds is 4. The minimum absolute atomic E-state index is 0.111. The Morgan fingerprint density at radius 1 is 1.20 bits per heavy atom. The highest BCUT2D eigenvalue weighted by Gasteiger charge is 2.23. The van der Waals surface area contributed by atoms with Gasteiger partial charge in [0, 0.05) is 50.1 Å². The highest BCUT2D eigenvalue weighted by Crippen LogP contribution is 2.26. The summed E-state index contributed by atoms with van der Waals surface area (Å²) in [6.07, 6.45) is 6.33. The Bertz CT molecular complexity index is 740. The van der Waals surface area contributed by atoms with Crippen LogP contribution >= 0.6 is 0 Å². The van der Waals surface area contributed by atoms with Gasteiger partial charge in [-0.2, -0.15) is 0 Å². The van der Waals surface area contributed by atoms with Crippen molar-refractivity contribution in [2.45, 2.75) is 31.8 Å². The Hall–Kier alpha value is -2.40. The normalized spacial score (nSPS) is 17.2. The van der Waals surface area contributed by atoms with Gasteiger partial charge in [-0.3, -0.25) is 9.78 Å². The topological polar surface area (TPSA) is 54.5 Å². The maximum absolute atomic E-state index is 12.5. The predicted molar refractivity (Wildman–Crippen MR) is 95.6 cm³/mol. The number of carbonyl (C=O) groups is 1. The van der Waals surface area contributed by atoms with Gasteiger partial charge < -0.3 is 15.0 Å². The maximum Gasteiger partial charge on any atom is 0.253 e. The van der Waals surface area contributed by atoms with Crippen LogP contribution in [-0.2, 0) is 13.0 Å². The quantitative estimate of drug-likeness (QED) is 0.931. The first kappa shape index (κ1) is 16.1. The number of piperidine rings is 1. The van der Waals surface area contributed by atoms with Crippen molar-refractivity contribution < 1.29 is 9.53 Å². The summed E-state index contributed by atoms with van der Waals surface area (Å²) in [5.74, 6) is 1.14. The van der Waals surface area contributed by atoms with E-state index in [1.807, 2.05) is 4.90 Å². The van der Waals surface area contributed by atoms with Gasteiger partial charge >= 0.3 is 0 Å². The second kappa shape index (κ2) is 7.23.